The Balaban J connectivity index is 2.38. The minimum Gasteiger partial charge on any atom is -0.496 e. The van der Waals surface area contributed by atoms with E-state index >= 15 is 0 Å². The van der Waals surface area contributed by atoms with Crippen LogP contribution < -0.4 is 4.74 Å². The van der Waals surface area contributed by atoms with Gasteiger partial charge in [0.15, 0.2) is 0 Å². The van der Waals surface area contributed by atoms with Gasteiger partial charge in [0.1, 0.15) is 5.75 Å². The highest BCUT2D eigenvalue weighted by molar-refractivity contribution is 7.85. The Morgan fingerprint density at radius 1 is 1.10 bits per heavy atom. The Bertz CT molecular complexity index is 736. The van der Waals surface area contributed by atoms with Gasteiger partial charge >= 0.3 is 0 Å². The Labute approximate surface area is 125 Å². The minimum absolute atomic E-state index is 0.0279. The zero-order valence-electron chi connectivity index (χ0n) is 12.3. The maximum absolute atomic E-state index is 11.2. The summed E-state index contributed by atoms with van der Waals surface area (Å²) in [5, 5.41) is 0. The highest BCUT2D eigenvalue weighted by Gasteiger charge is 2.09. The van der Waals surface area contributed by atoms with E-state index in [-0.39, 0.29) is 6.61 Å². The van der Waals surface area contributed by atoms with Crippen molar-refractivity contribution in [3.05, 3.63) is 53.6 Å². The van der Waals surface area contributed by atoms with Gasteiger partial charge in [-0.1, -0.05) is 30.3 Å². The molecule has 112 valence electrons. The lowest BCUT2D eigenvalue weighted by Crippen LogP contribution is -2.03. The van der Waals surface area contributed by atoms with Crippen LogP contribution in [0.5, 0.6) is 5.75 Å². The number of benzene rings is 2. The molecule has 4 nitrogen and oxygen atoms in total. The molecule has 2 rings (SSSR count). The number of methoxy groups -OCH3 is 1. The average molecular weight is 306 g/mol. The lowest BCUT2D eigenvalue weighted by Gasteiger charge is -2.12. The number of hydrogen-bond donors (Lipinski definition) is 0. The normalized spacial score (nSPS) is 11.4. The van der Waals surface area contributed by atoms with Crippen molar-refractivity contribution in [2.24, 2.45) is 0 Å². The molecule has 0 heterocycles. The zero-order chi connectivity index (χ0) is 15.5. The van der Waals surface area contributed by atoms with E-state index in [2.05, 4.69) is 0 Å². The van der Waals surface area contributed by atoms with Crippen molar-refractivity contribution >= 4 is 10.1 Å². The summed E-state index contributed by atoms with van der Waals surface area (Å²) in [6.07, 6.45) is 1.05. The van der Waals surface area contributed by atoms with Crippen LogP contribution in [0.3, 0.4) is 0 Å². The van der Waals surface area contributed by atoms with E-state index in [0.717, 1.165) is 34.3 Å². The first-order valence-electron chi connectivity index (χ1n) is 6.48. The minimum atomic E-state index is -3.46. The molecule has 0 saturated carbocycles. The summed E-state index contributed by atoms with van der Waals surface area (Å²) in [6, 6.07) is 13.4. The van der Waals surface area contributed by atoms with E-state index in [4.69, 9.17) is 8.92 Å². The fourth-order valence-corrected chi connectivity index (χ4v) is 2.49. The molecule has 0 aliphatic heterocycles. The van der Waals surface area contributed by atoms with Crippen LogP contribution in [0.4, 0.5) is 0 Å². The highest BCUT2D eigenvalue weighted by atomic mass is 32.2. The second-order valence-electron chi connectivity index (χ2n) is 4.81. The Kier molecular flexibility index (Phi) is 4.65. The summed E-state index contributed by atoms with van der Waals surface area (Å²) in [5.74, 6) is 0.823. The van der Waals surface area contributed by atoms with E-state index in [9.17, 15) is 8.42 Å². The van der Waals surface area contributed by atoms with Crippen LogP contribution in [0.15, 0.2) is 42.5 Å². The van der Waals surface area contributed by atoms with Crippen LogP contribution in [0.25, 0.3) is 11.1 Å². The van der Waals surface area contributed by atoms with Crippen LogP contribution in [-0.2, 0) is 20.9 Å². The number of aryl methyl sites for hydroxylation is 1. The largest absolute Gasteiger partial charge is 0.496 e. The van der Waals surface area contributed by atoms with Crippen LogP contribution in [0.1, 0.15) is 11.1 Å². The number of hydrogen-bond acceptors (Lipinski definition) is 4. The van der Waals surface area contributed by atoms with E-state index in [0.29, 0.717) is 0 Å². The molecule has 0 atom stereocenters. The van der Waals surface area contributed by atoms with E-state index in [1.54, 1.807) is 7.11 Å². The van der Waals surface area contributed by atoms with Crippen molar-refractivity contribution in [3.63, 3.8) is 0 Å². The second-order valence-corrected chi connectivity index (χ2v) is 6.45. The first-order valence-corrected chi connectivity index (χ1v) is 8.29. The SMILES string of the molecule is COc1ccc(-c2ccccc2COS(C)(=O)=O)cc1C. The Hall–Kier alpha value is -1.85. The van der Waals surface area contributed by atoms with Gasteiger partial charge in [-0.25, -0.2) is 0 Å². The molecule has 2 aromatic rings. The topological polar surface area (TPSA) is 52.6 Å². The fourth-order valence-electron chi connectivity index (χ4n) is 2.14. The first kappa shape index (κ1) is 15.5. The summed E-state index contributed by atoms with van der Waals surface area (Å²) in [7, 11) is -1.83. The van der Waals surface area contributed by atoms with Gasteiger partial charge < -0.3 is 4.74 Å². The summed E-state index contributed by atoms with van der Waals surface area (Å²) in [6.45, 7) is 2.00. The van der Waals surface area contributed by atoms with Crippen LogP contribution >= 0.6 is 0 Å². The standard InChI is InChI=1S/C16H18O4S/c1-12-10-13(8-9-16(12)19-2)15-7-5-4-6-14(15)11-20-21(3,17)18/h4-10H,11H2,1-3H3. The smallest absolute Gasteiger partial charge is 0.264 e. The molecule has 0 aliphatic carbocycles. The van der Waals surface area contributed by atoms with Gasteiger partial charge in [-0.2, -0.15) is 8.42 Å². The van der Waals surface area contributed by atoms with Gasteiger partial charge in [0.25, 0.3) is 10.1 Å². The van der Waals surface area contributed by atoms with Crippen molar-refractivity contribution in [3.8, 4) is 16.9 Å². The van der Waals surface area contributed by atoms with E-state index in [1.807, 2.05) is 49.4 Å². The number of ether oxygens (including phenoxy) is 1. The summed E-state index contributed by atoms with van der Waals surface area (Å²) in [4.78, 5) is 0. The molecule has 0 spiro atoms. The molecule has 0 aromatic heterocycles. The quantitative estimate of drug-likeness (QED) is 0.796. The maximum Gasteiger partial charge on any atom is 0.264 e. The molecule has 0 radical (unpaired) electrons. The fraction of sp³-hybridized carbons (Fsp3) is 0.250. The lowest BCUT2D eigenvalue weighted by molar-refractivity contribution is 0.312. The number of rotatable bonds is 5. The molecule has 0 saturated heterocycles. The van der Waals surface area contributed by atoms with E-state index < -0.39 is 10.1 Å². The Morgan fingerprint density at radius 3 is 2.43 bits per heavy atom. The third-order valence-electron chi connectivity index (χ3n) is 3.15. The predicted molar refractivity (Wildman–Crippen MR) is 82.8 cm³/mol. The first-order chi connectivity index (χ1) is 9.90. The molecule has 21 heavy (non-hydrogen) atoms. The van der Waals surface area contributed by atoms with Crippen LogP contribution in [0.2, 0.25) is 0 Å². The molecule has 0 N–H and O–H groups in total. The molecule has 0 aliphatic rings. The second kappa shape index (κ2) is 6.28. The van der Waals surface area contributed by atoms with Gasteiger partial charge in [0, 0.05) is 0 Å². The third-order valence-corrected chi connectivity index (χ3v) is 3.70. The zero-order valence-corrected chi connectivity index (χ0v) is 13.1. The lowest BCUT2D eigenvalue weighted by atomic mass is 9.98. The van der Waals surface area contributed by atoms with Crippen LogP contribution in [0, 0.1) is 6.92 Å². The van der Waals surface area contributed by atoms with Crippen molar-refractivity contribution in [2.45, 2.75) is 13.5 Å². The summed E-state index contributed by atoms with van der Waals surface area (Å²) < 4.78 is 32.5. The third kappa shape index (κ3) is 4.06. The molecule has 0 amide bonds. The molecule has 2 aromatic carbocycles. The predicted octanol–water partition coefficient (Wildman–Crippen LogP) is 3.15. The molecule has 0 fully saturated rings. The average Bonchev–Trinajstić information content (AvgIpc) is 2.44. The highest BCUT2D eigenvalue weighted by Crippen LogP contribution is 2.29. The van der Waals surface area contributed by atoms with Gasteiger partial charge in [-0.3, -0.25) is 4.18 Å². The molecule has 5 heteroatoms. The molecular weight excluding hydrogens is 288 g/mol. The Morgan fingerprint density at radius 2 is 1.81 bits per heavy atom. The van der Waals surface area contributed by atoms with Crippen molar-refractivity contribution < 1.29 is 17.3 Å². The van der Waals surface area contributed by atoms with Gasteiger partial charge in [0.05, 0.1) is 20.0 Å². The van der Waals surface area contributed by atoms with E-state index in [1.165, 1.54) is 0 Å². The van der Waals surface area contributed by atoms with Gasteiger partial charge in [0.2, 0.25) is 0 Å². The van der Waals surface area contributed by atoms with Gasteiger partial charge in [-0.15, -0.1) is 0 Å². The molecular formula is C16H18O4S. The van der Waals surface area contributed by atoms with Gasteiger partial charge in [-0.05, 0) is 41.3 Å². The molecule has 0 unspecified atom stereocenters. The summed E-state index contributed by atoms with van der Waals surface area (Å²) >= 11 is 0. The van der Waals surface area contributed by atoms with Crippen molar-refractivity contribution in [1.82, 2.24) is 0 Å². The van der Waals surface area contributed by atoms with Crippen molar-refractivity contribution in [2.75, 3.05) is 13.4 Å². The maximum atomic E-state index is 11.2. The summed E-state index contributed by atoms with van der Waals surface area (Å²) in [5.41, 5.74) is 3.80. The van der Waals surface area contributed by atoms with Crippen LogP contribution in [-0.4, -0.2) is 21.8 Å². The monoisotopic (exact) mass is 306 g/mol. The molecule has 0 bridgehead atoms. The van der Waals surface area contributed by atoms with Crippen molar-refractivity contribution in [1.29, 1.82) is 0 Å².